The fourth-order valence-electron chi connectivity index (χ4n) is 5.77. The van der Waals surface area contributed by atoms with Crippen molar-refractivity contribution in [2.45, 2.75) is 13.8 Å². The summed E-state index contributed by atoms with van der Waals surface area (Å²) < 4.78 is 0. The third-order valence-corrected chi connectivity index (χ3v) is 7.34. The van der Waals surface area contributed by atoms with Crippen LogP contribution < -0.4 is 0 Å². The van der Waals surface area contributed by atoms with Crippen molar-refractivity contribution in [3.8, 4) is 44.5 Å². The Hall–Kier alpha value is -4.16. The van der Waals surface area contributed by atoms with E-state index in [1.807, 2.05) is 0 Å². The maximum atomic E-state index is 2.31. The molecule has 6 aromatic carbocycles. The zero-order chi connectivity index (χ0) is 22.8. The van der Waals surface area contributed by atoms with Crippen LogP contribution >= 0.6 is 0 Å². The van der Waals surface area contributed by atoms with Gasteiger partial charge >= 0.3 is 0 Å². The van der Waals surface area contributed by atoms with E-state index in [-0.39, 0.29) is 0 Å². The first kappa shape index (κ1) is 19.3. The fourth-order valence-corrected chi connectivity index (χ4v) is 5.77. The van der Waals surface area contributed by atoms with Crippen LogP contribution in [0.2, 0.25) is 0 Å². The molecule has 0 nitrogen and oxygen atoms in total. The van der Waals surface area contributed by atoms with Gasteiger partial charge in [-0.3, -0.25) is 0 Å². The predicted octanol–water partition coefficient (Wildman–Crippen LogP) is 9.59. The molecule has 1 aliphatic rings. The van der Waals surface area contributed by atoms with Crippen LogP contribution in [0.5, 0.6) is 0 Å². The summed E-state index contributed by atoms with van der Waals surface area (Å²) in [6.07, 6.45) is 0. The molecule has 0 heteroatoms. The van der Waals surface area contributed by atoms with Crippen molar-refractivity contribution < 1.29 is 0 Å². The largest absolute Gasteiger partial charge is 0.0616 e. The second-order valence-corrected chi connectivity index (χ2v) is 9.49. The van der Waals surface area contributed by atoms with E-state index in [0.29, 0.717) is 0 Å². The van der Waals surface area contributed by atoms with Gasteiger partial charge in [0.25, 0.3) is 0 Å². The van der Waals surface area contributed by atoms with Crippen LogP contribution in [0.4, 0.5) is 0 Å². The summed E-state index contributed by atoms with van der Waals surface area (Å²) in [5.41, 5.74) is 13.2. The van der Waals surface area contributed by atoms with Crippen molar-refractivity contribution in [2.24, 2.45) is 0 Å². The lowest BCUT2D eigenvalue weighted by Gasteiger charge is -2.21. The van der Waals surface area contributed by atoms with Gasteiger partial charge in [-0.1, -0.05) is 120 Å². The Bertz CT molecular complexity index is 1730. The predicted molar refractivity (Wildman–Crippen MR) is 146 cm³/mol. The maximum absolute atomic E-state index is 2.31. The molecule has 7 rings (SSSR count). The summed E-state index contributed by atoms with van der Waals surface area (Å²) in [7, 11) is 0. The van der Waals surface area contributed by atoms with E-state index in [2.05, 4.69) is 123 Å². The molecule has 0 amide bonds. The maximum Gasteiger partial charge on any atom is -0.000742 e. The Morgan fingerprint density at radius 1 is 0.382 bits per heavy atom. The van der Waals surface area contributed by atoms with E-state index < -0.39 is 0 Å². The van der Waals surface area contributed by atoms with Gasteiger partial charge in [0, 0.05) is 0 Å². The zero-order valence-corrected chi connectivity index (χ0v) is 19.4. The summed E-state index contributed by atoms with van der Waals surface area (Å²) in [5.74, 6) is 0. The number of fused-ring (bicyclic) bond motifs is 5. The van der Waals surface area contributed by atoms with E-state index in [9.17, 15) is 0 Å². The Kier molecular flexibility index (Phi) is 4.07. The van der Waals surface area contributed by atoms with Gasteiger partial charge in [-0.2, -0.15) is 0 Å². The van der Waals surface area contributed by atoms with Crippen molar-refractivity contribution in [1.82, 2.24) is 0 Å². The minimum atomic E-state index is 1.27. The third kappa shape index (κ3) is 2.66. The Labute approximate surface area is 200 Å². The first-order chi connectivity index (χ1) is 16.7. The van der Waals surface area contributed by atoms with E-state index in [1.54, 1.807) is 0 Å². The summed E-state index contributed by atoms with van der Waals surface area (Å²) in [5, 5.41) is 5.32. The molecule has 0 atom stereocenters. The highest BCUT2D eigenvalue weighted by Crippen LogP contribution is 2.57. The van der Waals surface area contributed by atoms with E-state index in [1.165, 1.54) is 77.2 Å². The molecule has 1 aliphatic carbocycles. The molecular formula is C34H24. The van der Waals surface area contributed by atoms with E-state index in [4.69, 9.17) is 0 Å². The standard InChI is InChI=1S/C34H24/c1-21-13-17-24(18-14-21)31-26-9-3-4-10-27(26)33-28-11-5-7-23-8-6-12-29(30(23)28)34(33)32(31)25-19-15-22(2)16-20-25/h3-20H,1-2H3. The molecular weight excluding hydrogens is 408 g/mol. The van der Waals surface area contributed by atoms with E-state index >= 15 is 0 Å². The molecule has 0 spiro atoms. The minimum Gasteiger partial charge on any atom is -0.0616 e. The molecule has 0 N–H and O–H groups in total. The summed E-state index contributed by atoms with van der Waals surface area (Å²) in [6.45, 7) is 4.31. The quantitative estimate of drug-likeness (QED) is 0.255. The number of rotatable bonds is 2. The second-order valence-electron chi connectivity index (χ2n) is 9.49. The second kappa shape index (κ2) is 7.17. The van der Waals surface area contributed by atoms with E-state index in [0.717, 1.165) is 0 Å². The normalized spacial score (nSPS) is 11.8. The van der Waals surface area contributed by atoms with Crippen molar-refractivity contribution in [3.63, 3.8) is 0 Å². The van der Waals surface area contributed by atoms with Gasteiger partial charge in [0.15, 0.2) is 0 Å². The molecule has 6 aromatic rings. The lowest BCUT2D eigenvalue weighted by atomic mass is 9.82. The van der Waals surface area contributed by atoms with Crippen LogP contribution in [0.3, 0.4) is 0 Å². The van der Waals surface area contributed by atoms with Crippen LogP contribution in [0, 0.1) is 13.8 Å². The summed E-state index contributed by atoms with van der Waals surface area (Å²) in [4.78, 5) is 0. The monoisotopic (exact) mass is 432 g/mol. The minimum absolute atomic E-state index is 1.27. The van der Waals surface area contributed by atoms with Gasteiger partial charge in [0.2, 0.25) is 0 Å². The van der Waals surface area contributed by atoms with Gasteiger partial charge in [-0.05, 0) is 79.9 Å². The summed E-state index contributed by atoms with van der Waals surface area (Å²) in [6, 6.07) is 40.5. The molecule has 160 valence electrons. The molecule has 0 unspecified atom stereocenters. The molecule has 0 aromatic heterocycles. The van der Waals surface area contributed by atoms with Gasteiger partial charge in [0.05, 0.1) is 0 Å². The lowest BCUT2D eigenvalue weighted by molar-refractivity contribution is 1.46. The Morgan fingerprint density at radius 3 is 1.47 bits per heavy atom. The molecule has 0 saturated heterocycles. The number of aryl methyl sites for hydroxylation is 2. The van der Waals surface area contributed by atoms with Crippen LogP contribution in [-0.4, -0.2) is 0 Å². The van der Waals surface area contributed by atoms with Crippen LogP contribution in [-0.2, 0) is 0 Å². The smallest absolute Gasteiger partial charge is 0.000742 e. The zero-order valence-electron chi connectivity index (χ0n) is 19.4. The van der Waals surface area contributed by atoms with Crippen molar-refractivity contribution in [3.05, 3.63) is 120 Å². The van der Waals surface area contributed by atoms with Crippen molar-refractivity contribution in [2.75, 3.05) is 0 Å². The number of benzene rings is 6. The third-order valence-electron chi connectivity index (χ3n) is 7.34. The molecule has 0 heterocycles. The van der Waals surface area contributed by atoms with Crippen LogP contribution in [0.15, 0.2) is 109 Å². The number of hydrogen-bond donors (Lipinski definition) is 0. The molecule has 0 radical (unpaired) electrons. The van der Waals surface area contributed by atoms with Crippen LogP contribution in [0.1, 0.15) is 11.1 Å². The highest BCUT2D eigenvalue weighted by atomic mass is 14.3. The molecule has 0 bridgehead atoms. The fraction of sp³-hybridized carbons (Fsp3) is 0.0588. The van der Waals surface area contributed by atoms with Crippen molar-refractivity contribution in [1.29, 1.82) is 0 Å². The summed E-state index contributed by atoms with van der Waals surface area (Å²) >= 11 is 0. The molecule has 34 heavy (non-hydrogen) atoms. The highest BCUT2D eigenvalue weighted by Gasteiger charge is 2.29. The van der Waals surface area contributed by atoms with Gasteiger partial charge in [-0.15, -0.1) is 0 Å². The average molecular weight is 433 g/mol. The topological polar surface area (TPSA) is 0 Å². The first-order valence-corrected chi connectivity index (χ1v) is 12.0. The Morgan fingerprint density at radius 2 is 0.882 bits per heavy atom. The van der Waals surface area contributed by atoms with Crippen LogP contribution in [0.25, 0.3) is 66.1 Å². The molecule has 0 fully saturated rings. The first-order valence-electron chi connectivity index (χ1n) is 12.0. The molecule has 0 saturated carbocycles. The number of hydrogen-bond acceptors (Lipinski definition) is 0. The lowest BCUT2D eigenvalue weighted by Crippen LogP contribution is -1.94. The van der Waals surface area contributed by atoms with Gasteiger partial charge in [0.1, 0.15) is 0 Å². The highest BCUT2D eigenvalue weighted by molar-refractivity contribution is 6.27. The Balaban J connectivity index is 1.74. The van der Waals surface area contributed by atoms with Crippen molar-refractivity contribution >= 4 is 21.5 Å². The van der Waals surface area contributed by atoms with Gasteiger partial charge < -0.3 is 0 Å². The SMILES string of the molecule is Cc1ccc(-c2c3c(c4ccccc4c2-c2ccc(C)cc2)-c2cccc4cccc-3c24)cc1. The average Bonchev–Trinajstić information content (AvgIpc) is 3.21. The molecule has 0 aliphatic heterocycles. The van der Waals surface area contributed by atoms with Gasteiger partial charge in [-0.25, -0.2) is 0 Å².